The van der Waals surface area contributed by atoms with Crippen molar-refractivity contribution in [3.8, 4) is 22.8 Å². The molecule has 0 radical (unpaired) electrons. The molecule has 0 saturated carbocycles. The molecule has 9 nitrogen and oxygen atoms in total. The summed E-state index contributed by atoms with van der Waals surface area (Å²) in [6.45, 7) is 3.44. The number of fused-ring (bicyclic) bond motifs is 3. The third-order valence-electron chi connectivity index (χ3n) is 5.68. The number of carbonyl (C=O) groups excluding carboxylic acids is 2. The zero-order chi connectivity index (χ0) is 26.1. The zero-order valence-electron chi connectivity index (χ0n) is 19.9. The molecule has 1 aromatic heterocycles. The van der Waals surface area contributed by atoms with Crippen LogP contribution in [0.1, 0.15) is 38.4 Å². The summed E-state index contributed by atoms with van der Waals surface area (Å²) in [7, 11) is 1.46. The van der Waals surface area contributed by atoms with E-state index in [4.69, 9.17) is 14.6 Å². The summed E-state index contributed by atoms with van der Waals surface area (Å²) < 4.78 is 14.0. The van der Waals surface area contributed by atoms with Crippen molar-refractivity contribution in [2.75, 3.05) is 18.3 Å². The highest BCUT2D eigenvalue weighted by Crippen LogP contribution is 2.48. The summed E-state index contributed by atoms with van der Waals surface area (Å²) in [5, 5.41) is 5.06. The molecule has 3 aromatic rings. The van der Waals surface area contributed by atoms with E-state index in [1.54, 1.807) is 55.3 Å². The van der Waals surface area contributed by atoms with E-state index in [2.05, 4.69) is 36.8 Å². The summed E-state index contributed by atoms with van der Waals surface area (Å²) in [6, 6.07) is 8.82. The maximum Gasteiger partial charge on any atom is 0.325 e. The molecule has 1 amide bonds. The summed E-state index contributed by atoms with van der Waals surface area (Å²) >= 11 is 8.42. The molecule has 36 heavy (non-hydrogen) atoms. The number of halogens is 2. The first kappa shape index (κ1) is 26.4. The van der Waals surface area contributed by atoms with Gasteiger partial charge in [0, 0.05) is 26.9 Å². The first-order chi connectivity index (χ1) is 17.3. The Morgan fingerprint density at radius 2 is 1.94 bits per heavy atom. The van der Waals surface area contributed by atoms with Crippen LogP contribution in [0.4, 0.5) is 5.69 Å². The van der Waals surface area contributed by atoms with Crippen LogP contribution in [0.2, 0.25) is 0 Å². The number of para-hydroxylation sites is 1. The number of thioether (sulfide) groups is 1. The number of anilines is 1. The normalized spacial score (nSPS) is 14.2. The van der Waals surface area contributed by atoms with Crippen LogP contribution in [-0.2, 0) is 9.59 Å². The van der Waals surface area contributed by atoms with Crippen LogP contribution in [0.3, 0.4) is 0 Å². The third kappa shape index (κ3) is 4.46. The van der Waals surface area contributed by atoms with E-state index in [0.717, 1.165) is 0 Å². The number of amides is 1. The van der Waals surface area contributed by atoms with E-state index in [0.29, 0.717) is 30.9 Å². The Kier molecular flexibility index (Phi) is 7.86. The molecule has 0 bridgehead atoms. The number of carbonyl (C=O) groups is 2. The van der Waals surface area contributed by atoms with Gasteiger partial charge in [-0.1, -0.05) is 37.7 Å². The van der Waals surface area contributed by atoms with Crippen molar-refractivity contribution in [1.29, 1.82) is 0 Å². The maximum absolute atomic E-state index is 13.5. The fourth-order valence-corrected chi connectivity index (χ4v) is 5.33. The highest BCUT2D eigenvalue weighted by Gasteiger charge is 2.48. The lowest BCUT2D eigenvalue weighted by molar-refractivity contribution is -0.763. The van der Waals surface area contributed by atoms with E-state index < -0.39 is 12.1 Å². The van der Waals surface area contributed by atoms with E-state index in [-0.39, 0.29) is 41.5 Å². The molecule has 1 aliphatic rings. The first-order valence-electron chi connectivity index (χ1n) is 11.0. The lowest BCUT2D eigenvalue weighted by Crippen LogP contribution is -2.61. The Bertz CT molecular complexity index is 1430. The number of aromatic nitrogens is 3. The minimum Gasteiger partial charge on any atom is -0.493 e. The number of esters is 1. The molecule has 12 heteroatoms. The van der Waals surface area contributed by atoms with Crippen molar-refractivity contribution in [2.45, 2.75) is 38.0 Å². The molecule has 0 fully saturated rings. The quantitative estimate of drug-likeness (QED) is 0.182. The van der Waals surface area contributed by atoms with Crippen LogP contribution in [0.15, 0.2) is 49.2 Å². The van der Waals surface area contributed by atoms with Gasteiger partial charge in [-0.05, 0) is 61.0 Å². The summed E-state index contributed by atoms with van der Waals surface area (Å²) in [5.74, 6) is -0.287. The number of hydrogen-bond acceptors (Lipinski definition) is 7. The lowest BCUT2D eigenvalue weighted by atomic mass is 10.00. The molecule has 1 aliphatic heterocycles. The molecule has 0 spiro atoms. The molecular formula is C24H23Br2N4O5S+. The van der Waals surface area contributed by atoms with Gasteiger partial charge in [-0.2, -0.15) is 0 Å². The number of methoxy groups -OCH3 is 1. The Balaban J connectivity index is 2.18. The van der Waals surface area contributed by atoms with Crippen LogP contribution in [0.25, 0.3) is 11.3 Å². The van der Waals surface area contributed by atoms with Crippen molar-refractivity contribution in [2.24, 2.45) is 0 Å². The van der Waals surface area contributed by atoms with Crippen LogP contribution in [0, 0.1) is 0 Å². The lowest BCUT2D eigenvalue weighted by Gasteiger charge is -2.33. The van der Waals surface area contributed by atoms with E-state index in [1.807, 2.05) is 0 Å². The third-order valence-corrected chi connectivity index (χ3v) is 8.26. The zero-order valence-corrected chi connectivity index (χ0v) is 23.9. The van der Waals surface area contributed by atoms with E-state index >= 15 is 0 Å². The summed E-state index contributed by atoms with van der Waals surface area (Å²) in [4.78, 5) is 43.7. The molecule has 4 rings (SSSR count). The average Bonchev–Trinajstić information content (AvgIpc) is 2.89. The second-order valence-corrected chi connectivity index (χ2v) is 10.2. The number of benzene rings is 2. The first-order valence-corrected chi connectivity index (χ1v) is 13.9. The fourth-order valence-electron chi connectivity index (χ4n) is 4.04. The molecular weight excluding hydrogens is 616 g/mol. The molecule has 188 valence electrons. The Morgan fingerprint density at radius 3 is 2.58 bits per heavy atom. The minimum atomic E-state index is -0.976. The largest absolute Gasteiger partial charge is 0.493 e. The maximum atomic E-state index is 13.5. The van der Waals surface area contributed by atoms with Gasteiger partial charge in [0.1, 0.15) is 5.56 Å². The fraction of sp³-hybridized carbons (Fsp3) is 0.292. The molecule has 0 saturated heterocycles. The van der Waals surface area contributed by atoms with Crippen molar-refractivity contribution in [3.05, 3.63) is 55.2 Å². The molecule has 0 unspecified atom stereocenters. The van der Waals surface area contributed by atoms with Gasteiger partial charge in [-0.25, -0.2) is 4.90 Å². The van der Waals surface area contributed by atoms with Gasteiger partial charge in [0.25, 0.3) is 6.17 Å². The Morgan fingerprint density at radius 1 is 1.22 bits per heavy atom. The number of aromatic amines is 1. The standard InChI is InChI=1S/C24H22Br2N4O5S/c1-5-16(31)29-14-10-8-7-9-12(14)20-22(33)27-24(36-4)28-30(20)23(29)18-19(26)13(25)11-15(34-3)21(18)35-17(32)6-2/h7-11,23H,5-6H2,1-4H3/p+1/t23-/m0/s1. The average molecular weight is 639 g/mol. The van der Waals surface area contributed by atoms with Gasteiger partial charge < -0.3 is 9.47 Å². The van der Waals surface area contributed by atoms with Gasteiger partial charge in [0.05, 0.1) is 18.4 Å². The predicted octanol–water partition coefficient (Wildman–Crippen LogP) is 4.60. The van der Waals surface area contributed by atoms with Crippen molar-refractivity contribution >= 4 is 61.2 Å². The molecule has 2 aromatic carbocycles. The van der Waals surface area contributed by atoms with Crippen LogP contribution < -0.4 is 24.6 Å². The number of ether oxygens (including phenoxy) is 2. The summed E-state index contributed by atoms with van der Waals surface area (Å²) in [5.41, 5.74) is 1.41. The Labute approximate surface area is 228 Å². The van der Waals surface area contributed by atoms with Crippen molar-refractivity contribution in [1.82, 2.24) is 10.1 Å². The minimum absolute atomic E-state index is 0.125. The van der Waals surface area contributed by atoms with E-state index in [9.17, 15) is 14.4 Å². The van der Waals surface area contributed by atoms with Crippen LogP contribution >= 0.6 is 43.6 Å². The number of rotatable bonds is 6. The highest BCUT2D eigenvalue weighted by atomic mass is 79.9. The summed E-state index contributed by atoms with van der Waals surface area (Å²) in [6.07, 6.45) is 1.13. The Hall–Kier alpha value is -2.70. The monoisotopic (exact) mass is 637 g/mol. The van der Waals surface area contributed by atoms with Crippen LogP contribution in [-0.4, -0.2) is 35.3 Å². The molecule has 2 heterocycles. The van der Waals surface area contributed by atoms with Gasteiger partial charge >= 0.3 is 17.2 Å². The second kappa shape index (κ2) is 10.7. The number of nitrogens with zero attached hydrogens (tertiary/aromatic N) is 3. The highest BCUT2D eigenvalue weighted by molar-refractivity contribution is 9.13. The van der Waals surface area contributed by atoms with Gasteiger partial charge in [-0.3, -0.25) is 19.4 Å². The van der Waals surface area contributed by atoms with Crippen molar-refractivity contribution < 1.29 is 23.7 Å². The van der Waals surface area contributed by atoms with Gasteiger partial charge in [-0.15, -0.1) is 0 Å². The number of H-pyrrole nitrogens is 1. The molecule has 0 aliphatic carbocycles. The number of nitrogens with one attached hydrogen (secondary N) is 1. The smallest absolute Gasteiger partial charge is 0.325 e. The van der Waals surface area contributed by atoms with Gasteiger partial charge in [0.2, 0.25) is 11.1 Å². The second-order valence-electron chi connectivity index (χ2n) is 7.71. The van der Waals surface area contributed by atoms with Crippen LogP contribution in [0.5, 0.6) is 11.5 Å². The SMILES string of the molecule is CCC(=O)Oc1c(OC)cc(Br)c(Br)c1[C@H]1N(C(=O)CC)c2ccccc2-c2c(=O)[nH]c(SC)n[n+]21. The predicted molar refractivity (Wildman–Crippen MR) is 143 cm³/mol. The molecule has 1 N–H and O–H groups in total. The molecule has 1 atom stereocenters. The topological polar surface area (TPSA) is 105 Å². The van der Waals surface area contributed by atoms with E-state index in [1.165, 1.54) is 23.6 Å². The van der Waals surface area contributed by atoms with Gasteiger partial charge in [0.15, 0.2) is 11.5 Å². The van der Waals surface area contributed by atoms with Crippen molar-refractivity contribution in [3.63, 3.8) is 0 Å². The number of hydrogen-bond donors (Lipinski definition) is 1.